The fourth-order valence-corrected chi connectivity index (χ4v) is 3.32. The molecule has 1 saturated carbocycles. The molecule has 0 bridgehead atoms. The number of carbonyl (C=O) groups excluding carboxylic acids is 1. The Bertz CT molecular complexity index is 434. The first kappa shape index (κ1) is 15.3. The maximum atomic E-state index is 11.8. The van der Waals surface area contributed by atoms with Crippen LogP contribution >= 0.6 is 11.3 Å². The van der Waals surface area contributed by atoms with Gasteiger partial charge in [0.1, 0.15) is 0 Å². The molecule has 2 rings (SSSR count). The number of carbonyl (C=O) groups is 1. The fourth-order valence-electron chi connectivity index (χ4n) is 2.39. The third-order valence-corrected chi connectivity index (χ3v) is 4.86. The summed E-state index contributed by atoms with van der Waals surface area (Å²) in [5.41, 5.74) is 1.08. The van der Waals surface area contributed by atoms with Gasteiger partial charge in [0.25, 0.3) is 0 Å². The lowest BCUT2D eigenvalue weighted by molar-refractivity contribution is 0.117. The summed E-state index contributed by atoms with van der Waals surface area (Å²) in [6, 6.07) is 0.0825. The van der Waals surface area contributed by atoms with E-state index < -0.39 is 0 Å². The van der Waals surface area contributed by atoms with Crippen molar-refractivity contribution in [2.24, 2.45) is 0 Å². The molecule has 2 amide bonds. The molecule has 0 radical (unpaired) electrons. The number of nitrogens with zero attached hydrogens (tertiary/aromatic N) is 1. The van der Waals surface area contributed by atoms with Gasteiger partial charge in [-0.2, -0.15) is 0 Å². The van der Waals surface area contributed by atoms with E-state index in [-0.39, 0.29) is 18.2 Å². The molecule has 1 heterocycles. The first-order valence-corrected chi connectivity index (χ1v) is 8.01. The summed E-state index contributed by atoms with van der Waals surface area (Å²) in [6.07, 6.45) is 3.87. The van der Waals surface area contributed by atoms with Crippen molar-refractivity contribution in [2.75, 3.05) is 6.54 Å². The number of amides is 2. The van der Waals surface area contributed by atoms with Gasteiger partial charge in [-0.1, -0.05) is 0 Å². The predicted octanol–water partition coefficient (Wildman–Crippen LogP) is 1.91. The number of hydrogen-bond acceptors (Lipinski definition) is 4. The lowest BCUT2D eigenvalue weighted by Crippen LogP contribution is -2.44. The van der Waals surface area contributed by atoms with Gasteiger partial charge in [0, 0.05) is 23.9 Å². The van der Waals surface area contributed by atoms with E-state index in [1.54, 1.807) is 11.3 Å². The summed E-state index contributed by atoms with van der Waals surface area (Å²) < 4.78 is 0. The minimum atomic E-state index is -0.188. The van der Waals surface area contributed by atoms with Gasteiger partial charge in [-0.05, 0) is 39.5 Å². The third-order valence-electron chi connectivity index (χ3n) is 3.73. The Labute approximate surface area is 123 Å². The molecule has 0 atom stereocenters. The quantitative estimate of drug-likeness (QED) is 0.794. The third kappa shape index (κ3) is 4.45. The van der Waals surface area contributed by atoms with Crippen LogP contribution in [-0.2, 0) is 6.42 Å². The van der Waals surface area contributed by atoms with Gasteiger partial charge in [0.2, 0.25) is 0 Å². The number of rotatable bonds is 4. The highest BCUT2D eigenvalue weighted by atomic mass is 32.1. The molecule has 112 valence electrons. The van der Waals surface area contributed by atoms with Gasteiger partial charge in [-0.25, -0.2) is 9.78 Å². The highest BCUT2D eigenvalue weighted by Gasteiger charge is 2.20. The summed E-state index contributed by atoms with van der Waals surface area (Å²) in [5.74, 6) is 0. The number of urea groups is 1. The molecule has 5 nitrogen and oxygen atoms in total. The van der Waals surface area contributed by atoms with Crippen LogP contribution in [0.5, 0.6) is 0 Å². The predicted molar refractivity (Wildman–Crippen MR) is 80.1 cm³/mol. The minimum absolute atomic E-state index is 0.114. The number of hydrogen-bond donors (Lipinski definition) is 3. The molecule has 20 heavy (non-hydrogen) atoms. The van der Waals surface area contributed by atoms with E-state index in [1.165, 1.54) is 4.88 Å². The van der Waals surface area contributed by atoms with Crippen molar-refractivity contribution in [3.8, 4) is 0 Å². The zero-order chi connectivity index (χ0) is 14.5. The van der Waals surface area contributed by atoms with Crippen LogP contribution in [0.1, 0.15) is 41.3 Å². The van der Waals surface area contributed by atoms with Crippen molar-refractivity contribution < 1.29 is 9.90 Å². The topological polar surface area (TPSA) is 74.2 Å². The Morgan fingerprint density at radius 1 is 1.35 bits per heavy atom. The van der Waals surface area contributed by atoms with E-state index in [1.807, 2.05) is 6.92 Å². The van der Waals surface area contributed by atoms with Crippen molar-refractivity contribution in [2.45, 2.75) is 58.1 Å². The lowest BCUT2D eigenvalue weighted by atomic mass is 9.93. The molecule has 1 aromatic rings. The second-order valence-electron chi connectivity index (χ2n) is 5.40. The van der Waals surface area contributed by atoms with E-state index in [0.29, 0.717) is 6.54 Å². The largest absolute Gasteiger partial charge is 0.393 e. The SMILES string of the molecule is Cc1nc(CCNC(=O)NC2CCC(O)CC2)sc1C. The Hall–Kier alpha value is -1.14. The minimum Gasteiger partial charge on any atom is -0.393 e. The maximum absolute atomic E-state index is 11.8. The molecule has 6 heteroatoms. The molecule has 0 unspecified atom stereocenters. The highest BCUT2D eigenvalue weighted by Crippen LogP contribution is 2.18. The number of aromatic nitrogens is 1. The maximum Gasteiger partial charge on any atom is 0.315 e. The molecule has 3 N–H and O–H groups in total. The summed E-state index contributed by atoms with van der Waals surface area (Å²) in [6.45, 7) is 4.68. The molecule has 0 aromatic carbocycles. The smallest absolute Gasteiger partial charge is 0.315 e. The Balaban J connectivity index is 1.65. The highest BCUT2D eigenvalue weighted by molar-refractivity contribution is 7.11. The Morgan fingerprint density at radius 3 is 2.65 bits per heavy atom. The van der Waals surface area contributed by atoms with Crippen molar-refractivity contribution in [1.82, 2.24) is 15.6 Å². The normalized spacial score (nSPS) is 22.6. The van der Waals surface area contributed by atoms with Crippen molar-refractivity contribution in [3.63, 3.8) is 0 Å². The molecule has 1 fully saturated rings. The molecular weight excluding hydrogens is 274 g/mol. The average Bonchev–Trinajstić information content (AvgIpc) is 2.71. The zero-order valence-corrected chi connectivity index (χ0v) is 12.9. The summed E-state index contributed by atoms with van der Waals surface area (Å²) >= 11 is 1.69. The molecule has 0 saturated heterocycles. The molecular formula is C14H23N3O2S. The lowest BCUT2D eigenvalue weighted by Gasteiger charge is -2.26. The van der Waals surface area contributed by atoms with Crippen molar-refractivity contribution in [1.29, 1.82) is 0 Å². The second-order valence-corrected chi connectivity index (χ2v) is 6.69. The van der Waals surface area contributed by atoms with E-state index >= 15 is 0 Å². The second kappa shape index (κ2) is 7.04. The molecule has 1 aromatic heterocycles. The standard InChI is InChI=1S/C14H23N3O2S/c1-9-10(2)20-13(16-9)7-8-15-14(19)17-11-3-5-12(18)6-4-11/h11-12,18H,3-8H2,1-2H3,(H2,15,17,19). The van der Waals surface area contributed by atoms with Crippen LogP contribution in [0.3, 0.4) is 0 Å². The van der Waals surface area contributed by atoms with E-state index in [0.717, 1.165) is 42.8 Å². The van der Waals surface area contributed by atoms with Crippen molar-refractivity contribution >= 4 is 17.4 Å². The van der Waals surface area contributed by atoms with Crippen molar-refractivity contribution in [3.05, 3.63) is 15.6 Å². The van der Waals surface area contributed by atoms with Crippen LogP contribution in [0.15, 0.2) is 0 Å². The van der Waals surface area contributed by atoms with E-state index in [4.69, 9.17) is 0 Å². The number of aliphatic hydroxyl groups is 1. The summed E-state index contributed by atoms with van der Waals surface area (Å²) in [5, 5.41) is 16.3. The number of aryl methyl sites for hydroxylation is 2. The van der Waals surface area contributed by atoms with Gasteiger partial charge < -0.3 is 15.7 Å². The Kier molecular flexibility index (Phi) is 5.37. The number of aliphatic hydroxyl groups excluding tert-OH is 1. The summed E-state index contributed by atoms with van der Waals surface area (Å²) in [4.78, 5) is 17.4. The number of nitrogens with one attached hydrogen (secondary N) is 2. The van der Waals surface area contributed by atoms with Crippen LogP contribution in [-0.4, -0.2) is 34.8 Å². The first-order chi connectivity index (χ1) is 9.54. The van der Waals surface area contributed by atoms with Gasteiger partial charge in [-0.15, -0.1) is 11.3 Å². The zero-order valence-electron chi connectivity index (χ0n) is 12.1. The van der Waals surface area contributed by atoms with Gasteiger partial charge in [-0.3, -0.25) is 0 Å². The van der Waals surface area contributed by atoms with Gasteiger partial charge >= 0.3 is 6.03 Å². The fraction of sp³-hybridized carbons (Fsp3) is 0.714. The average molecular weight is 297 g/mol. The van der Waals surface area contributed by atoms with Gasteiger partial charge in [0.15, 0.2) is 0 Å². The van der Waals surface area contributed by atoms with E-state index in [9.17, 15) is 9.90 Å². The monoisotopic (exact) mass is 297 g/mol. The molecule has 1 aliphatic rings. The Morgan fingerprint density at radius 2 is 2.05 bits per heavy atom. The molecule has 0 aliphatic heterocycles. The summed E-state index contributed by atoms with van der Waals surface area (Å²) in [7, 11) is 0. The van der Waals surface area contributed by atoms with E-state index in [2.05, 4.69) is 22.5 Å². The van der Waals surface area contributed by atoms with Crippen LogP contribution in [0.25, 0.3) is 0 Å². The number of thiazole rings is 1. The molecule has 0 spiro atoms. The van der Waals surface area contributed by atoms with Crippen LogP contribution < -0.4 is 10.6 Å². The van der Waals surface area contributed by atoms with Crippen LogP contribution in [0.2, 0.25) is 0 Å². The van der Waals surface area contributed by atoms with Crippen LogP contribution in [0, 0.1) is 13.8 Å². The molecule has 1 aliphatic carbocycles. The first-order valence-electron chi connectivity index (χ1n) is 7.20. The van der Waals surface area contributed by atoms with Gasteiger partial charge in [0.05, 0.1) is 16.8 Å². The van der Waals surface area contributed by atoms with Crippen LogP contribution in [0.4, 0.5) is 4.79 Å².